The molecule has 6 heteroatoms. The zero-order chi connectivity index (χ0) is 15.3. The molecule has 0 unspecified atom stereocenters. The van der Waals surface area contributed by atoms with Crippen molar-refractivity contribution in [2.45, 2.75) is 46.1 Å². The van der Waals surface area contributed by atoms with Crippen molar-refractivity contribution in [3.05, 3.63) is 0 Å². The predicted molar refractivity (Wildman–Crippen MR) is 74.2 cm³/mol. The maximum Gasteiger partial charge on any atom is 0.410 e. The highest BCUT2D eigenvalue weighted by atomic mass is 16.6. The average molecular weight is 284 g/mol. The molecular weight excluding hydrogens is 260 g/mol. The summed E-state index contributed by atoms with van der Waals surface area (Å²) in [5.74, 6) is -0.255. The summed E-state index contributed by atoms with van der Waals surface area (Å²) in [4.78, 5) is 36.1. The largest absolute Gasteiger partial charge is 0.444 e. The van der Waals surface area contributed by atoms with Crippen LogP contribution in [0.3, 0.4) is 0 Å². The van der Waals surface area contributed by atoms with Crippen LogP contribution in [0.5, 0.6) is 0 Å². The molecule has 20 heavy (non-hydrogen) atoms. The number of carbonyl (C=O) groups is 3. The summed E-state index contributed by atoms with van der Waals surface area (Å²) in [6, 6.07) is 0. The molecule has 1 heterocycles. The second kappa shape index (κ2) is 6.72. The fraction of sp³-hybridized carbons (Fsp3) is 0.786. The second-order valence-corrected chi connectivity index (χ2v) is 6.12. The van der Waals surface area contributed by atoms with Crippen LogP contribution in [-0.4, -0.2) is 47.9 Å². The summed E-state index contributed by atoms with van der Waals surface area (Å²) in [5, 5.41) is 2.51. The lowest BCUT2D eigenvalue weighted by Gasteiger charge is -2.32. The van der Waals surface area contributed by atoms with Crippen LogP contribution in [-0.2, 0) is 14.3 Å². The van der Waals surface area contributed by atoms with E-state index >= 15 is 0 Å². The highest BCUT2D eigenvalue weighted by Gasteiger charge is 2.29. The first-order valence-corrected chi connectivity index (χ1v) is 6.94. The van der Waals surface area contributed by atoms with Gasteiger partial charge in [-0.15, -0.1) is 0 Å². The zero-order valence-corrected chi connectivity index (χ0v) is 12.7. The van der Waals surface area contributed by atoms with Crippen LogP contribution in [0.25, 0.3) is 0 Å². The Morgan fingerprint density at radius 2 is 1.75 bits per heavy atom. The van der Waals surface area contributed by atoms with Crippen LogP contribution in [0, 0.1) is 5.92 Å². The number of amides is 2. The van der Waals surface area contributed by atoms with Gasteiger partial charge in [-0.05, 0) is 33.6 Å². The van der Waals surface area contributed by atoms with Crippen LogP contribution in [0.1, 0.15) is 40.5 Å². The maximum atomic E-state index is 11.9. The van der Waals surface area contributed by atoms with Crippen molar-refractivity contribution in [2.75, 3.05) is 19.6 Å². The van der Waals surface area contributed by atoms with E-state index in [1.807, 2.05) is 20.8 Å². The molecule has 0 radical (unpaired) electrons. The second-order valence-electron chi connectivity index (χ2n) is 6.12. The standard InChI is InChI=1S/C14H24N2O4/c1-10(17)15-9-12(18)11-5-7-16(8-6-11)13(19)20-14(2,3)4/h11H,5-9H2,1-4H3,(H,15,17). The normalized spacial score (nSPS) is 16.7. The van der Waals surface area contributed by atoms with Crippen molar-refractivity contribution < 1.29 is 19.1 Å². The zero-order valence-electron chi connectivity index (χ0n) is 12.7. The highest BCUT2D eigenvalue weighted by Crippen LogP contribution is 2.20. The minimum Gasteiger partial charge on any atom is -0.444 e. The van der Waals surface area contributed by atoms with E-state index in [1.54, 1.807) is 4.90 Å². The number of ketones is 1. The summed E-state index contributed by atoms with van der Waals surface area (Å²) >= 11 is 0. The Labute approximate surface area is 119 Å². The van der Waals surface area contributed by atoms with E-state index < -0.39 is 5.60 Å². The van der Waals surface area contributed by atoms with Gasteiger partial charge in [-0.1, -0.05) is 0 Å². The molecule has 1 saturated heterocycles. The maximum absolute atomic E-state index is 11.9. The summed E-state index contributed by atoms with van der Waals surface area (Å²) in [7, 11) is 0. The minimum atomic E-state index is -0.505. The number of rotatable bonds is 3. The number of piperidine rings is 1. The number of carbonyl (C=O) groups excluding carboxylic acids is 3. The summed E-state index contributed by atoms with van der Waals surface area (Å²) in [6.45, 7) is 7.99. The van der Waals surface area contributed by atoms with Crippen LogP contribution in [0.2, 0.25) is 0 Å². The van der Waals surface area contributed by atoms with Gasteiger partial charge in [0.2, 0.25) is 5.91 Å². The third-order valence-electron chi connectivity index (χ3n) is 3.11. The number of hydrogen-bond donors (Lipinski definition) is 1. The third kappa shape index (κ3) is 5.59. The van der Waals surface area contributed by atoms with Gasteiger partial charge >= 0.3 is 6.09 Å². The molecule has 6 nitrogen and oxygen atoms in total. The molecular formula is C14H24N2O4. The van der Waals surface area contributed by atoms with Crippen LogP contribution >= 0.6 is 0 Å². The number of nitrogens with zero attached hydrogens (tertiary/aromatic N) is 1. The Morgan fingerprint density at radius 3 is 2.20 bits per heavy atom. The molecule has 1 aliphatic heterocycles. The quantitative estimate of drug-likeness (QED) is 0.848. The van der Waals surface area contributed by atoms with Crippen molar-refractivity contribution in [3.8, 4) is 0 Å². The molecule has 0 aromatic carbocycles. The third-order valence-corrected chi connectivity index (χ3v) is 3.11. The fourth-order valence-electron chi connectivity index (χ4n) is 2.07. The topological polar surface area (TPSA) is 75.7 Å². The van der Waals surface area contributed by atoms with Crippen molar-refractivity contribution in [2.24, 2.45) is 5.92 Å². The van der Waals surface area contributed by atoms with E-state index in [0.29, 0.717) is 25.9 Å². The Balaban J connectivity index is 2.38. The molecule has 0 spiro atoms. The van der Waals surface area contributed by atoms with Crippen LogP contribution < -0.4 is 5.32 Å². The van der Waals surface area contributed by atoms with Crippen LogP contribution in [0.4, 0.5) is 4.79 Å². The van der Waals surface area contributed by atoms with Gasteiger partial charge in [-0.3, -0.25) is 9.59 Å². The monoisotopic (exact) mass is 284 g/mol. The fourth-order valence-corrected chi connectivity index (χ4v) is 2.07. The first-order chi connectivity index (χ1) is 9.19. The van der Waals surface area contributed by atoms with Crippen molar-refractivity contribution in [1.29, 1.82) is 0 Å². The Hall–Kier alpha value is -1.59. The lowest BCUT2D eigenvalue weighted by molar-refractivity contribution is -0.127. The van der Waals surface area contributed by atoms with Gasteiger partial charge in [-0.2, -0.15) is 0 Å². The van der Waals surface area contributed by atoms with Gasteiger partial charge in [0.1, 0.15) is 5.60 Å². The van der Waals surface area contributed by atoms with Gasteiger partial charge in [0.25, 0.3) is 0 Å². The Bertz CT molecular complexity index is 379. The number of nitrogens with one attached hydrogen (secondary N) is 1. The first-order valence-electron chi connectivity index (χ1n) is 6.94. The van der Waals surface area contributed by atoms with Gasteiger partial charge in [0, 0.05) is 25.9 Å². The molecule has 0 aromatic heterocycles. The molecule has 0 aromatic rings. The molecule has 0 bridgehead atoms. The molecule has 1 rings (SSSR count). The number of Topliss-reactive ketones (excluding diaryl/α,β-unsaturated/α-hetero) is 1. The van der Waals surface area contributed by atoms with Gasteiger partial charge in [0.15, 0.2) is 5.78 Å². The summed E-state index contributed by atoms with van der Waals surface area (Å²) < 4.78 is 5.30. The molecule has 0 atom stereocenters. The summed E-state index contributed by atoms with van der Waals surface area (Å²) in [6.07, 6.45) is 0.917. The average Bonchev–Trinajstić information content (AvgIpc) is 2.34. The highest BCUT2D eigenvalue weighted by molar-refractivity contribution is 5.87. The predicted octanol–water partition coefficient (Wildman–Crippen LogP) is 1.34. The molecule has 0 saturated carbocycles. The molecule has 2 amide bonds. The number of likely N-dealkylation sites (tertiary alicyclic amines) is 1. The molecule has 1 fully saturated rings. The van der Waals surface area contributed by atoms with E-state index in [1.165, 1.54) is 6.92 Å². The Morgan fingerprint density at radius 1 is 1.20 bits per heavy atom. The molecule has 1 aliphatic rings. The van der Waals surface area contributed by atoms with Gasteiger partial charge < -0.3 is 15.0 Å². The molecule has 1 N–H and O–H groups in total. The van der Waals surface area contributed by atoms with E-state index in [9.17, 15) is 14.4 Å². The lowest BCUT2D eigenvalue weighted by Crippen LogP contribution is -2.44. The van der Waals surface area contributed by atoms with Crippen molar-refractivity contribution >= 4 is 17.8 Å². The number of ether oxygens (including phenoxy) is 1. The first kappa shape index (κ1) is 16.5. The van der Waals surface area contributed by atoms with Crippen molar-refractivity contribution in [3.63, 3.8) is 0 Å². The van der Waals surface area contributed by atoms with E-state index in [0.717, 1.165) is 0 Å². The SMILES string of the molecule is CC(=O)NCC(=O)C1CCN(C(=O)OC(C)(C)C)CC1. The van der Waals surface area contributed by atoms with Crippen LogP contribution in [0.15, 0.2) is 0 Å². The van der Waals surface area contributed by atoms with E-state index in [2.05, 4.69) is 5.32 Å². The van der Waals surface area contributed by atoms with Gasteiger partial charge in [-0.25, -0.2) is 4.79 Å². The number of hydrogen-bond acceptors (Lipinski definition) is 4. The van der Waals surface area contributed by atoms with Gasteiger partial charge in [0.05, 0.1) is 6.54 Å². The van der Waals surface area contributed by atoms with Crippen molar-refractivity contribution in [1.82, 2.24) is 10.2 Å². The minimum absolute atomic E-state index is 0.0315. The molecule has 0 aliphatic carbocycles. The van der Waals surface area contributed by atoms with E-state index in [-0.39, 0.29) is 30.2 Å². The Kier molecular flexibility index (Phi) is 5.53. The molecule has 114 valence electrons. The summed E-state index contributed by atoms with van der Waals surface area (Å²) in [5.41, 5.74) is -0.505. The lowest BCUT2D eigenvalue weighted by atomic mass is 9.92. The smallest absolute Gasteiger partial charge is 0.410 e. The van der Waals surface area contributed by atoms with E-state index in [4.69, 9.17) is 4.74 Å².